The maximum absolute atomic E-state index is 16.2. The van der Waals surface area contributed by atoms with Crippen molar-refractivity contribution in [2.24, 2.45) is 0 Å². The van der Waals surface area contributed by atoms with Crippen LogP contribution in [0.4, 0.5) is 15.9 Å². The van der Waals surface area contributed by atoms with E-state index in [2.05, 4.69) is 10.3 Å². The molecule has 0 aliphatic carbocycles. The largest absolute Gasteiger partial charge is 0.491 e. The topological polar surface area (TPSA) is 111 Å². The number of carbonyl (C=O) groups is 1. The first-order chi connectivity index (χ1) is 19.8. The van der Waals surface area contributed by atoms with Crippen LogP contribution >= 0.6 is 0 Å². The summed E-state index contributed by atoms with van der Waals surface area (Å²) in [6.45, 7) is 4.15. The van der Waals surface area contributed by atoms with E-state index in [1.54, 1.807) is 55.7 Å². The van der Waals surface area contributed by atoms with E-state index in [9.17, 15) is 4.79 Å². The Morgan fingerprint density at radius 1 is 1.20 bits per heavy atom. The Morgan fingerprint density at radius 2 is 2.02 bits per heavy atom. The van der Waals surface area contributed by atoms with Gasteiger partial charge in [-0.25, -0.2) is 14.4 Å². The van der Waals surface area contributed by atoms with Gasteiger partial charge in [0.2, 0.25) is 5.91 Å². The minimum absolute atomic E-state index is 0.0126. The van der Waals surface area contributed by atoms with Gasteiger partial charge in [-0.3, -0.25) is 4.79 Å². The highest BCUT2D eigenvalue weighted by molar-refractivity contribution is 5.93. The molecule has 2 aromatic carbocycles. The second kappa shape index (κ2) is 11.7. The monoisotopic (exact) mass is 556 g/mol. The predicted molar refractivity (Wildman–Crippen MR) is 157 cm³/mol. The van der Waals surface area contributed by atoms with Gasteiger partial charge in [-0.15, -0.1) is 0 Å². The number of benzene rings is 2. The average Bonchev–Trinajstić information content (AvgIpc) is 3.64. The molecule has 1 unspecified atom stereocenters. The van der Waals surface area contributed by atoms with Crippen LogP contribution in [-0.4, -0.2) is 46.0 Å². The van der Waals surface area contributed by atoms with Gasteiger partial charge in [0.05, 0.1) is 24.8 Å². The zero-order valence-electron chi connectivity index (χ0n) is 23.5. The maximum Gasteiger partial charge on any atom is 0.242 e. The van der Waals surface area contributed by atoms with Crippen molar-refractivity contribution in [2.45, 2.75) is 32.9 Å². The Morgan fingerprint density at radius 3 is 2.73 bits per heavy atom. The summed E-state index contributed by atoms with van der Waals surface area (Å²) in [5.41, 5.74) is 9.39. The molecular weight excluding hydrogens is 523 g/mol. The van der Waals surface area contributed by atoms with Crippen LogP contribution in [-0.2, 0) is 17.8 Å². The fraction of sp³-hybridized carbons (Fsp3) is 0.258. The van der Waals surface area contributed by atoms with E-state index in [-0.39, 0.29) is 18.2 Å². The number of aromatic nitrogens is 3. The molecule has 0 radical (unpaired) electrons. The third kappa shape index (κ3) is 5.72. The molecule has 3 N–H and O–H groups in total. The normalized spacial score (nSPS) is 11.9. The van der Waals surface area contributed by atoms with Crippen LogP contribution in [0.15, 0.2) is 71.8 Å². The Balaban J connectivity index is 1.71. The first-order valence-corrected chi connectivity index (χ1v) is 13.4. The van der Waals surface area contributed by atoms with Crippen LogP contribution in [0.25, 0.3) is 22.0 Å². The summed E-state index contributed by atoms with van der Waals surface area (Å²) in [6, 6.07) is 12.1. The Kier molecular flexibility index (Phi) is 7.91. The number of anilines is 2. The van der Waals surface area contributed by atoms with E-state index in [4.69, 9.17) is 19.9 Å². The summed E-state index contributed by atoms with van der Waals surface area (Å²) < 4.78 is 28.9. The number of carbonyl (C=O) groups excluding carboxylic acids is 1. The molecule has 3 aromatic heterocycles. The lowest BCUT2D eigenvalue weighted by Gasteiger charge is -2.24. The van der Waals surface area contributed by atoms with Crippen molar-refractivity contribution < 1.29 is 18.3 Å². The third-order valence-corrected chi connectivity index (χ3v) is 6.94. The van der Waals surface area contributed by atoms with Crippen LogP contribution in [0.2, 0.25) is 0 Å². The molecule has 0 saturated heterocycles. The molecule has 3 heterocycles. The van der Waals surface area contributed by atoms with Gasteiger partial charge in [-0.1, -0.05) is 13.0 Å². The van der Waals surface area contributed by atoms with Gasteiger partial charge in [0.15, 0.2) is 11.6 Å². The van der Waals surface area contributed by atoms with Gasteiger partial charge >= 0.3 is 0 Å². The van der Waals surface area contributed by atoms with E-state index >= 15 is 4.39 Å². The second-order valence-electron chi connectivity index (χ2n) is 9.91. The van der Waals surface area contributed by atoms with Gasteiger partial charge < -0.3 is 29.7 Å². The van der Waals surface area contributed by atoms with Crippen LogP contribution < -0.4 is 15.8 Å². The number of hydrogen-bond donors (Lipinski definition) is 2. The number of furan rings is 1. The number of rotatable bonds is 10. The molecule has 5 aromatic rings. The summed E-state index contributed by atoms with van der Waals surface area (Å²) >= 11 is 0. The molecule has 1 atom stereocenters. The number of imidazole rings is 1. The molecule has 41 heavy (non-hydrogen) atoms. The minimum Gasteiger partial charge on any atom is -0.491 e. The summed E-state index contributed by atoms with van der Waals surface area (Å²) in [4.78, 5) is 23.5. The van der Waals surface area contributed by atoms with Gasteiger partial charge in [0.1, 0.15) is 24.2 Å². The van der Waals surface area contributed by atoms with Crippen molar-refractivity contribution >= 4 is 28.2 Å². The Labute approximate surface area is 237 Å². The highest BCUT2D eigenvalue weighted by Gasteiger charge is 2.28. The number of nitrogens with two attached hydrogens (primary N) is 1. The van der Waals surface area contributed by atoms with Crippen LogP contribution in [0.3, 0.4) is 0 Å². The summed E-state index contributed by atoms with van der Waals surface area (Å²) in [5, 5.41) is 5.19. The smallest absolute Gasteiger partial charge is 0.242 e. The number of pyridine rings is 1. The SMILES string of the molecule is CCOc1cc(CC)cc(C(Nc2ccc3c(N)nccc3c2)c2nc(-c3ccoc3)cn2CC(=O)N(C)C)c1F. The molecule has 0 saturated carbocycles. The number of nitrogens with one attached hydrogen (secondary N) is 1. The van der Waals surface area contributed by atoms with Crippen molar-refractivity contribution in [2.75, 3.05) is 31.8 Å². The summed E-state index contributed by atoms with van der Waals surface area (Å²) in [7, 11) is 3.39. The van der Waals surface area contributed by atoms with E-state index in [0.29, 0.717) is 41.6 Å². The van der Waals surface area contributed by atoms with Crippen LogP contribution in [0.5, 0.6) is 5.75 Å². The van der Waals surface area contributed by atoms with Crippen molar-refractivity contribution in [3.63, 3.8) is 0 Å². The maximum atomic E-state index is 16.2. The molecule has 10 heteroatoms. The molecule has 0 aliphatic rings. The molecule has 0 aliphatic heterocycles. The van der Waals surface area contributed by atoms with E-state index in [1.807, 2.05) is 44.2 Å². The second-order valence-corrected chi connectivity index (χ2v) is 9.91. The third-order valence-electron chi connectivity index (χ3n) is 6.94. The van der Waals surface area contributed by atoms with Crippen molar-refractivity contribution in [1.29, 1.82) is 0 Å². The Bertz CT molecular complexity index is 1680. The van der Waals surface area contributed by atoms with Gasteiger partial charge in [0.25, 0.3) is 0 Å². The number of nitrogen functional groups attached to an aromatic ring is 1. The molecule has 0 fully saturated rings. The quantitative estimate of drug-likeness (QED) is 0.228. The molecule has 5 rings (SSSR count). The molecular formula is C31H33FN6O3. The minimum atomic E-state index is -0.784. The lowest BCUT2D eigenvalue weighted by Crippen LogP contribution is -2.28. The first-order valence-electron chi connectivity index (χ1n) is 13.4. The van der Waals surface area contributed by atoms with Gasteiger partial charge in [-0.2, -0.15) is 0 Å². The number of amides is 1. The van der Waals surface area contributed by atoms with E-state index in [1.165, 1.54) is 4.90 Å². The molecule has 212 valence electrons. The van der Waals surface area contributed by atoms with E-state index < -0.39 is 11.9 Å². The summed E-state index contributed by atoms with van der Waals surface area (Å²) in [6.07, 6.45) is 7.25. The van der Waals surface area contributed by atoms with Crippen molar-refractivity contribution in [3.8, 4) is 17.0 Å². The zero-order chi connectivity index (χ0) is 29.1. The molecule has 0 bridgehead atoms. The number of nitrogens with zero attached hydrogens (tertiary/aromatic N) is 4. The zero-order valence-corrected chi connectivity index (χ0v) is 23.5. The number of aryl methyl sites for hydroxylation is 1. The van der Waals surface area contributed by atoms with Crippen LogP contribution in [0.1, 0.15) is 36.8 Å². The highest BCUT2D eigenvalue weighted by atomic mass is 19.1. The fourth-order valence-corrected chi connectivity index (χ4v) is 4.72. The lowest BCUT2D eigenvalue weighted by atomic mass is 9.99. The Hall–Kier alpha value is -4.86. The van der Waals surface area contributed by atoms with Gasteiger partial charge in [-0.05, 0) is 60.7 Å². The number of fused-ring (bicyclic) bond motifs is 1. The number of halogens is 1. The number of hydrogen-bond acceptors (Lipinski definition) is 7. The fourth-order valence-electron chi connectivity index (χ4n) is 4.72. The predicted octanol–water partition coefficient (Wildman–Crippen LogP) is 5.66. The number of ether oxygens (including phenoxy) is 1. The lowest BCUT2D eigenvalue weighted by molar-refractivity contribution is -0.129. The standard InChI is InChI=1S/C31H33FN6O3/c1-5-19-13-24(28(32)26(14-19)41-6-2)29(35-22-7-8-23-20(15-22)9-11-34-30(23)33)31-36-25(21-10-12-40-18-21)16-38(31)17-27(39)37(3)4/h7-16,18,29,35H,5-6,17H2,1-4H3,(H2,33,34). The van der Waals surface area contributed by atoms with E-state index in [0.717, 1.165) is 21.9 Å². The molecule has 9 nitrogen and oxygen atoms in total. The highest BCUT2D eigenvalue weighted by Crippen LogP contribution is 2.36. The summed E-state index contributed by atoms with van der Waals surface area (Å²) in [5.74, 6) is 0.432. The van der Waals surface area contributed by atoms with Gasteiger partial charge in [0, 0.05) is 48.7 Å². The molecule has 0 spiro atoms. The number of likely N-dealkylation sites (N-methyl/N-ethyl adjacent to an activating group) is 1. The van der Waals surface area contributed by atoms with Crippen molar-refractivity contribution in [3.05, 3.63) is 90.2 Å². The molecule has 1 amide bonds. The average molecular weight is 557 g/mol. The first kappa shape index (κ1) is 27.7. The van der Waals surface area contributed by atoms with Crippen LogP contribution in [0, 0.1) is 5.82 Å². The van der Waals surface area contributed by atoms with Crippen molar-refractivity contribution in [1.82, 2.24) is 19.4 Å².